The number of fused-ring (bicyclic) bond motifs is 1. The van der Waals surface area contributed by atoms with Crippen LogP contribution in [0.25, 0.3) is 11.0 Å². The zero-order chi connectivity index (χ0) is 14.8. The van der Waals surface area contributed by atoms with Crippen LogP contribution in [-0.2, 0) is 6.54 Å². The maximum atomic E-state index is 9.15. The summed E-state index contributed by atoms with van der Waals surface area (Å²) in [5, 5.41) is 9.15. The van der Waals surface area contributed by atoms with Crippen LogP contribution in [0.15, 0.2) is 24.3 Å². The number of hydrogen-bond donors (Lipinski definition) is 0. The van der Waals surface area contributed by atoms with Gasteiger partial charge >= 0.3 is 0 Å². The van der Waals surface area contributed by atoms with E-state index >= 15 is 0 Å². The molecule has 1 aromatic heterocycles. The van der Waals surface area contributed by atoms with Crippen LogP contribution in [0.5, 0.6) is 0 Å². The average molecular weight is 282 g/mol. The topological polar surface area (TPSA) is 44.9 Å². The average Bonchev–Trinajstić information content (AvgIpc) is 2.87. The van der Waals surface area contributed by atoms with Gasteiger partial charge in [0.2, 0.25) is 0 Å². The molecule has 2 heterocycles. The number of likely N-dealkylation sites (tertiary alicyclic amines) is 1. The highest BCUT2D eigenvalue weighted by Crippen LogP contribution is 2.29. The molecule has 1 aromatic carbocycles. The molecule has 110 valence electrons. The third kappa shape index (κ3) is 2.54. The second kappa shape index (κ2) is 5.87. The monoisotopic (exact) mass is 282 g/mol. The zero-order valence-corrected chi connectivity index (χ0v) is 12.8. The third-order valence-electron chi connectivity index (χ3n) is 4.64. The van der Waals surface area contributed by atoms with Gasteiger partial charge in [-0.25, -0.2) is 4.98 Å². The van der Waals surface area contributed by atoms with Gasteiger partial charge in [0.05, 0.1) is 23.1 Å². The smallest absolute Gasteiger partial charge is 0.127 e. The van der Waals surface area contributed by atoms with Crippen LogP contribution in [-0.4, -0.2) is 27.0 Å². The molecule has 0 radical (unpaired) electrons. The van der Waals surface area contributed by atoms with Crippen LogP contribution < -0.4 is 0 Å². The first kappa shape index (κ1) is 14.1. The quantitative estimate of drug-likeness (QED) is 0.865. The molecule has 0 saturated carbocycles. The van der Waals surface area contributed by atoms with Gasteiger partial charge in [-0.2, -0.15) is 5.26 Å². The van der Waals surface area contributed by atoms with E-state index in [1.807, 2.05) is 18.2 Å². The van der Waals surface area contributed by atoms with E-state index < -0.39 is 0 Å². The number of aromatic nitrogens is 2. The molecule has 1 aliphatic rings. The molecule has 2 unspecified atom stereocenters. The predicted octanol–water partition coefficient (Wildman–Crippen LogP) is 3.50. The Morgan fingerprint density at radius 2 is 2.19 bits per heavy atom. The Hall–Kier alpha value is -1.86. The van der Waals surface area contributed by atoms with Crippen LogP contribution in [0.2, 0.25) is 0 Å². The van der Waals surface area contributed by atoms with Gasteiger partial charge in [-0.15, -0.1) is 0 Å². The number of para-hydroxylation sites is 2. The lowest BCUT2D eigenvalue weighted by atomic mass is 10.0. The predicted molar refractivity (Wildman–Crippen MR) is 83.8 cm³/mol. The summed E-state index contributed by atoms with van der Waals surface area (Å²) in [4.78, 5) is 7.34. The number of rotatable bonds is 3. The van der Waals surface area contributed by atoms with Crippen LogP contribution in [0.1, 0.15) is 45.0 Å². The van der Waals surface area contributed by atoms with Gasteiger partial charge in [-0.1, -0.05) is 18.6 Å². The Bertz CT molecular complexity index is 667. The zero-order valence-electron chi connectivity index (χ0n) is 12.8. The largest absolute Gasteiger partial charge is 0.313 e. The van der Waals surface area contributed by atoms with E-state index in [0.29, 0.717) is 12.6 Å². The number of nitriles is 1. The first-order valence-electron chi connectivity index (χ1n) is 7.80. The van der Waals surface area contributed by atoms with Crippen molar-refractivity contribution in [3.8, 4) is 6.07 Å². The number of imidazole rings is 1. The summed E-state index contributed by atoms with van der Waals surface area (Å²) in [6.07, 6.45) is 3.83. The van der Waals surface area contributed by atoms with Crippen molar-refractivity contribution in [3.05, 3.63) is 30.1 Å². The van der Waals surface area contributed by atoms with Gasteiger partial charge in [0.15, 0.2) is 0 Å². The van der Waals surface area contributed by atoms with Crippen molar-refractivity contribution in [2.75, 3.05) is 6.54 Å². The van der Waals surface area contributed by atoms with Gasteiger partial charge in [0.25, 0.3) is 0 Å². The lowest BCUT2D eigenvalue weighted by Crippen LogP contribution is -2.40. The SMILES string of the molecule is CC1CCCCN1C(C)c1nc2ccccc2n1CC#N. The van der Waals surface area contributed by atoms with E-state index in [4.69, 9.17) is 10.2 Å². The van der Waals surface area contributed by atoms with Gasteiger partial charge in [0.1, 0.15) is 12.4 Å². The highest BCUT2D eigenvalue weighted by molar-refractivity contribution is 5.76. The van der Waals surface area contributed by atoms with Crippen LogP contribution in [0.3, 0.4) is 0 Å². The molecule has 21 heavy (non-hydrogen) atoms. The van der Waals surface area contributed by atoms with Crippen molar-refractivity contribution in [1.29, 1.82) is 5.26 Å². The van der Waals surface area contributed by atoms with Crippen molar-refractivity contribution < 1.29 is 0 Å². The van der Waals surface area contributed by atoms with E-state index in [1.54, 1.807) is 0 Å². The van der Waals surface area contributed by atoms with E-state index in [2.05, 4.69) is 35.5 Å². The van der Waals surface area contributed by atoms with Crippen LogP contribution in [0, 0.1) is 11.3 Å². The second-order valence-corrected chi connectivity index (χ2v) is 5.96. The molecule has 0 bridgehead atoms. The van der Waals surface area contributed by atoms with Crippen molar-refractivity contribution in [2.45, 2.75) is 51.7 Å². The lowest BCUT2D eigenvalue weighted by Gasteiger charge is -2.37. The number of hydrogen-bond acceptors (Lipinski definition) is 3. The van der Waals surface area contributed by atoms with Crippen molar-refractivity contribution in [2.24, 2.45) is 0 Å². The molecule has 1 aliphatic heterocycles. The highest BCUT2D eigenvalue weighted by Gasteiger charge is 2.27. The van der Waals surface area contributed by atoms with Crippen molar-refractivity contribution in [1.82, 2.24) is 14.5 Å². The Kier molecular flexibility index (Phi) is 3.94. The van der Waals surface area contributed by atoms with E-state index in [9.17, 15) is 0 Å². The Morgan fingerprint density at radius 3 is 2.95 bits per heavy atom. The standard InChI is InChI=1S/C17H22N4/c1-13-7-5-6-11-20(13)14(2)17-19-15-8-3-4-9-16(15)21(17)12-10-18/h3-4,8-9,13-14H,5-7,11-12H2,1-2H3. The lowest BCUT2D eigenvalue weighted by molar-refractivity contribution is 0.108. The summed E-state index contributed by atoms with van der Waals surface area (Å²) in [6.45, 7) is 6.00. The normalized spacial score (nSPS) is 21.3. The molecule has 1 fully saturated rings. The van der Waals surface area contributed by atoms with E-state index in [1.165, 1.54) is 19.3 Å². The highest BCUT2D eigenvalue weighted by atomic mass is 15.2. The first-order valence-corrected chi connectivity index (χ1v) is 7.80. The molecule has 0 N–H and O–H groups in total. The summed E-state index contributed by atoms with van der Waals surface area (Å²) in [5.41, 5.74) is 2.05. The Balaban J connectivity index is 2.02. The summed E-state index contributed by atoms with van der Waals surface area (Å²) in [6, 6.07) is 11.2. The molecule has 4 nitrogen and oxygen atoms in total. The third-order valence-corrected chi connectivity index (χ3v) is 4.64. The van der Waals surface area contributed by atoms with Crippen molar-refractivity contribution in [3.63, 3.8) is 0 Å². The maximum absolute atomic E-state index is 9.15. The molecule has 0 spiro atoms. The molecule has 2 aromatic rings. The Morgan fingerprint density at radius 1 is 1.38 bits per heavy atom. The number of nitrogens with zero attached hydrogens (tertiary/aromatic N) is 4. The first-order chi connectivity index (χ1) is 10.2. The van der Waals surface area contributed by atoms with Gasteiger partial charge in [-0.05, 0) is 45.4 Å². The fraction of sp³-hybridized carbons (Fsp3) is 0.529. The minimum absolute atomic E-state index is 0.251. The van der Waals surface area contributed by atoms with E-state index in [-0.39, 0.29) is 6.04 Å². The molecule has 2 atom stereocenters. The van der Waals surface area contributed by atoms with Gasteiger partial charge < -0.3 is 4.57 Å². The fourth-order valence-corrected chi connectivity index (χ4v) is 3.49. The Labute approximate surface area is 126 Å². The van der Waals surface area contributed by atoms with Crippen LogP contribution in [0.4, 0.5) is 0 Å². The molecular formula is C17H22N4. The van der Waals surface area contributed by atoms with Gasteiger partial charge in [0, 0.05) is 6.04 Å². The van der Waals surface area contributed by atoms with Crippen LogP contribution >= 0.6 is 0 Å². The second-order valence-electron chi connectivity index (χ2n) is 5.96. The summed E-state index contributed by atoms with van der Waals surface area (Å²) >= 11 is 0. The van der Waals surface area contributed by atoms with Gasteiger partial charge in [-0.3, -0.25) is 4.90 Å². The number of piperidine rings is 1. The summed E-state index contributed by atoms with van der Waals surface area (Å²) in [5.74, 6) is 1.02. The number of benzene rings is 1. The minimum Gasteiger partial charge on any atom is -0.313 e. The fourth-order valence-electron chi connectivity index (χ4n) is 3.49. The molecule has 0 aliphatic carbocycles. The molecule has 4 heteroatoms. The molecule has 0 amide bonds. The van der Waals surface area contributed by atoms with E-state index in [0.717, 1.165) is 23.4 Å². The van der Waals surface area contributed by atoms with Crippen molar-refractivity contribution >= 4 is 11.0 Å². The molecule has 1 saturated heterocycles. The summed E-state index contributed by atoms with van der Waals surface area (Å²) in [7, 11) is 0. The minimum atomic E-state index is 0.251. The molecule has 3 rings (SSSR count). The maximum Gasteiger partial charge on any atom is 0.127 e. The summed E-state index contributed by atoms with van der Waals surface area (Å²) < 4.78 is 2.07. The molecular weight excluding hydrogens is 260 g/mol.